The van der Waals surface area contributed by atoms with Crippen molar-refractivity contribution in [2.75, 3.05) is 13.1 Å². The van der Waals surface area contributed by atoms with Crippen LogP contribution in [0.2, 0.25) is 0 Å². The lowest BCUT2D eigenvalue weighted by Crippen LogP contribution is -2.46. The van der Waals surface area contributed by atoms with Crippen LogP contribution in [-0.2, 0) is 9.59 Å². The van der Waals surface area contributed by atoms with Gasteiger partial charge in [0.05, 0.1) is 0 Å². The number of hydrogen-bond donors (Lipinski definition) is 1. The van der Waals surface area contributed by atoms with Gasteiger partial charge in [-0.05, 0) is 55.7 Å². The fraction of sp³-hybridized carbons (Fsp3) is 0.619. The van der Waals surface area contributed by atoms with Gasteiger partial charge in [-0.1, -0.05) is 41.9 Å². The molecule has 1 saturated carbocycles. The molecule has 1 saturated heterocycles. The van der Waals surface area contributed by atoms with E-state index in [4.69, 9.17) is 0 Å². The molecule has 5 heteroatoms. The number of nitrogens with zero attached hydrogens (tertiary/aromatic N) is 1. The summed E-state index contributed by atoms with van der Waals surface area (Å²) in [4.78, 5) is 27.1. The summed E-state index contributed by atoms with van der Waals surface area (Å²) in [6, 6.07) is 8.48. The van der Waals surface area contributed by atoms with Crippen LogP contribution in [0.3, 0.4) is 0 Å². The molecular formula is C21H29BrN2O2. The van der Waals surface area contributed by atoms with Crippen molar-refractivity contribution in [3.8, 4) is 0 Å². The van der Waals surface area contributed by atoms with E-state index < -0.39 is 0 Å². The Labute approximate surface area is 164 Å². The van der Waals surface area contributed by atoms with Crippen LogP contribution in [0.4, 0.5) is 0 Å². The third kappa shape index (κ3) is 4.48. The van der Waals surface area contributed by atoms with E-state index in [0.717, 1.165) is 23.7 Å². The molecule has 0 spiro atoms. The maximum Gasteiger partial charge on any atom is 0.226 e. The second-order valence-corrected chi connectivity index (χ2v) is 9.06. The lowest BCUT2D eigenvalue weighted by molar-refractivity contribution is -0.137. The molecule has 142 valence electrons. The van der Waals surface area contributed by atoms with Gasteiger partial charge in [0.1, 0.15) is 0 Å². The summed E-state index contributed by atoms with van der Waals surface area (Å²) >= 11 is 3.45. The lowest BCUT2D eigenvalue weighted by atomic mass is 9.94. The highest BCUT2D eigenvalue weighted by Crippen LogP contribution is 2.48. The smallest absolute Gasteiger partial charge is 0.226 e. The predicted molar refractivity (Wildman–Crippen MR) is 107 cm³/mol. The zero-order valence-electron chi connectivity index (χ0n) is 15.9. The third-order valence-corrected chi connectivity index (χ3v) is 6.48. The number of carbonyl (C=O) groups excluding carboxylic acids is 2. The van der Waals surface area contributed by atoms with Crippen LogP contribution in [0.15, 0.2) is 28.7 Å². The van der Waals surface area contributed by atoms with Gasteiger partial charge in [0.15, 0.2) is 0 Å². The molecule has 1 aliphatic carbocycles. The Hall–Kier alpha value is -1.36. The molecule has 1 aromatic rings. The Bertz CT molecular complexity index is 650. The summed E-state index contributed by atoms with van der Waals surface area (Å²) in [5, 5.41) is 3.12. The molecule has 0 aromatic heterocycles. The van der Waals surface area contributed by atoms with Gasteiger partial charge in [-0.2, -0.15) is 0 Å². The van der Waals surface area contributed by atoms with Crippen LogP contribution in [0.5, 0.6) is 0 Å². The van der Waals surface area contributed by atoms with Crippen molar-refractivity contribution in [2.45, 2.75) is 52.0 Å². The van der Waals surface area contributed by atoms with Crippen LogP contribution in [0.25, 0.3) is 0 Å². The Kier molecular flexibility index (Phi) is 6.06. The number of hydrogen-bond acceptors (Lipinski definition) is 2. The number of amides is 2. The van der Waals surface area contributed by atoms with Gasteiger partial charge >= 0.3 is 0 Å². The van der Waals surface area contributed by atoms with Gasteiger partial charge in [0.25, 0.3) is 0 Å². The fourth-order valence-corrected chi connectivity index (χ4v) is 3.92. The zero-order chi connectivity index (χ0) is 18.8. The summed E-state index contributed by atoms with van der Waals surface area (Å²) in [5.41, 5.74) is 1.25. The Balaban J connectivity index is 1.47. The van der Waals surface area contributed by atoms with E-state index >= 15 is 0 Å². The number of halogens is 1. The largest absolute Gasteiger partial charge is 0.353 e. The van der Waals surface area contributed by atoms with Crippen molar-refractivity contribution in [1.29, 1.82) is 0 Å². The summed E-state index contributed by atoms with van der Waals surface area (Å²) in [6.07, 6.45) is 2.50. The minimum Gasteiger partial charge on any atom is -0.353 e. The monoisotopic (exact) mass is 420 g/mol. The first kappa shape index (κ1) is 19.4. The van der Waals surface area contributed by atoms with Crippen molar-refractivity contribution in [2.24, 2.45) is 17.8 Å². The number of rotatable bonds is 5. The normalized spacial score (nSPS) is 24.4. The van der Waals surface area contributed by atoms with Crippen molar-refractivity contribution < 1.29 is 9.59 Å². The van der Waals surface area contributed by atoms with Gasteiger partial charge < -0.3 is 10.2 Å². The van der Waals surface area contributed by atoms with Gasteiger partial charge in [0, 0.05) is 35.4 Å². The van der Waals surface area contributed by atoms with Gasteiger partial charge in [-0.3, -0.25) is 9.59 Å². The Morgan fingerprint density at radius 2 is 1.73 bits per heavy atom. The van der Waals surface area contributed by atoms with E-state index in [1.54, 1.807) is 0 Å². The number of likely N-dealkylation sites (tertiary alicyclic amines) is 1. The highest BCUT2D eigenvalue weighted by Gasteiger charge is 2.46. The SMILES string of the molecule is CC(C)C(C)NC(=O)C1CCN(C(=O)C2CC2c2ccc(Br)cc2)CC1. The first-order valence-corrected chi connectivity index (χ1v) is 10.5. The van der Waals surface area contributed by atoms with Gasteiger partial charge in [-0.15, -0.1) is 0 Å². The molecule has 4 nitrogen and oxygen atoms in total. The van der Waals surface area contributed by atoms with Crippen LogP contribution >= 0.6 is 15.9 Å². The zero-order valence-corrected chi connectivity index (χ0v) is 17.5. The minimum absolute atomic E-state index is 0.0433. The van der Waals surface area contributed by atoms with Crippen LogP contribution in [0.1, 0.15) is 51.5 Å². The standard InChI is InChI=1S/C21H29BrN2O2/c1-13(2)14(3)23-20(25)16-8-10-24(11-9-16)21(26)19-12-18(19)15-4-6-17(22)7-5-15/h4-7,13-14,16,18-19H,8-12H2,1-3H3,(H,23,25). The number of piperidine rings is 1. The second kappa shape index (κ2) is 8.12. The second-order valence-electron chi connectivity index (χ2n) is 8.14. The average Bonchev–Trinajstić information content (AvgIpc) is 3.42. The van der Waals surface area contributed by atoms with Gasteiger partial charge in [0.2, 0.25) is 11.8 Å². The molecule has 2 amide bonds. The van der Waals surface area contributed by atoms with E-state index in [-0.39, 0.29) is 29.7 Å². The van der Waals surface area contributed by atoms with E-state index in [0.29, 0.717) is 24.9 Å². The van der Waals surface area contributed by atoms with Crippen molar-refractivity contribution in [1.82, 2.24) is 10.2 Å². The van der Waals surface area contributed by atoms with Crippen LogP contribution < -0.4 is 5.32 Å². The molecule has 26 heavy (non-hydrogen) atoms. The average molecular weight is 421 g/mol. The molecule has 1 heterocycles. The highest BCUT2D eigenvalue weighted by molar-refractivity contribution is 9.10. The summed E-state index contributed by atoms with van der Waals surface area (Å²) in [7, 11) is 0. The molecule has 3 rings (SSSR count). The molecule has 0 radical (unpaired) electrons. The molecule has 2 aliphatic rings. The van der Waals surface area contributed by atoms with Crippen LogP contribution in [-0.4, -0.2) is 35.8 Å². The van der Waals surface area contributed by atoms with E-state index in [9.17, 15) is 9.59 Å². The predicted octanol–water partition coefficient (Wildman–Crippen LogP) is 3.95. The van der Waals surface area contributed by atoms with Gasteiger partial charge in [-0.25, -0.2) is 0 Å². The summed E-state index contributed by atoms with van der Waals surface area (Å²) < 4.78 is 1.07. The van der Waals surface area contributed by atoms with E-state index in [1.807, 2.05) is 17.0 Å². The first-order valence-electron chi connectivity index (χ1n) is 9.71. The minimum atomic E-state index is 0.0433. The quantitative estimate of drug-likeness (QED) is 0.783. The molecule has 3 atom stereocenters. The molecule has 2 fully saturated rings. The van der Waals surface area contributed by atoms with Crippen molar-refractivity contribution in [3.05, 3.63) is 34.3 Å². The molecule has 1 aliphatic heterocycles. The first-order chi connectivity index (χ1) is 12.4. The number of nitrogens with one attached hydrogen (secondary N) is 1. The highest BCUT2D eigenvalue weighted by atomic mass is 79.9. The molecular weight excluding hydrogens is 392 g/mol. The lowest BCUT2D eigenvalue weighted by Gasteiger charge is -2.32. The maximum absolute atomic E-state index is 12.8. The summed E-state index contributed by atoms with van der Waals surface area (Å²) in [5.74, 6) is 1.39. The molecule has 1 N–H and O–H groups in total. The fourth-order valence-electron chi connectivity index (χ4n) is 3.65. The Morgan fingerprint density at radius 3 is 2.31 bits per heavy atom. The summed E-state index contributed by atoms with van der Waals surface area (Å²) in [6.45, 7) is 7.69. The molecule has 0 bridgehead atoms. The van der Waals surface area contributed by atoms with E-state index in [1.165, 1.54) is 5.56 Å². The van der Waals surface area contributed by atoms with Crippen LogP contribution in [0, 0.1) is 17.8 Å². The van der Waals surface area contributed by atoms with E-state index in [2.05, 4.69) is 54.2 Å². The maximum atomic E-state index is 12.8. The Morgan fingerprint density at radius 1 is 1.12 bits per heavy atom. The molecule has 3 unspecified atom stereocenters. The topological polar surface area (TPSA) is 49.4 Å². The van der Waals surface area contributed by atoms with Crippen molar-refractivity contribution >= 4 is 27.7 Å². The third-order valence-electron chi connectivity index (χ3n) is 5.95. The number of benzene rings is 1. The van der Waals surface area contributed by atoms with Crippen molar-refractivity contribution in [3.63, 3.8) is 0 Å². The number of carbonyl (C=O) groups is 2. The molecule has 1 aromatic carbocycles.